The van der Waals surface area contributed by atoms with Crippen LogP contribution < -0.4 is 11.1 Å². The number of carbonyl (C=O) groups excluding carboxylic acids is 1. The molecule has 1 heterocycles. The molecule has 1 aromatic rings. The largest absolute Gasteiger partial charge is 0.353 e. The molecule has 4 nitrogen and oxygen atoms in total. The van der Waals surface area contributed by atoms with Crippen LogP contribution in [-0.2, 0) is 11.3 Å². The number of amides is 1. The second-order valence-corrected chi connectivity index (χ2v) is 3.98. The molecule has 0 aromatic carbocycles. The average molecular weight is 209 g/mol. The Balaban J connectivity index is 2.23. The molecular formula is C11H19N3O. The zero-order valence-corrected chi connectivity index (χ0v) is 9.31. The lowest BCUT2D eigenvalue weighted by Crippen LogP contribution is -2.44. The molecule has 0 spiro atoms. The van der Waals surface area contributed by atoms with Gasteiger partial charge in [-0.1, -0.05) is 13.8 Å². The fourth-order valence-corrected chi connectivity index (χ4v) is 1.25. The van der Waals surface area contributed by atoms with Gasteiger partial charge in [-0.2, -0.15) is 0 Å². The van der Waals surface area contributed by atoms with Gasteiger partial charge in [-0.15, -0.1) is 0 Å². The minimum absolute atomic E-state index is 0.0721. The van der Waals surface area contributed by atoms with Crippen molar-refractivity contribution in [1.29, 1.82) is 0 Å². The smallest absolute Gasteiger partial charge is 0.237 e. The van der Waals surface area contributed by atoms with Crippen LogP contribution in [0.15, 0.2) is 24.5 Å². The summed E-state index contributed by atoms with van der Waals surface area (Å²) in [6.07, 6.45) is 3.93. The van der Waals surface area contributed by atoms with E-state index >= 15 is 0 Å². The van der Waals surface area contributed by atoms with Gasteiger partial charge in [0.2, 0.25) is 5.91 Å². The van der Waals surface area contributed by atoms with Crippen molar-refractivity contribution in [2.24, 2.45) is 11.7 Å². The van der Waals surface area contributed by atoms with Gasteiger partial charge in [0.15, 0.2) is 0 Å². The molecule has 4 heteroatoms. The second-order valence-electron chi connectivity index (χ2n) is 3.98. The maximum Gasteiger partial charge on any atom is 0.237 e. The SMILES string of the molecule is CC(C)[C@@H](N)C(=O)NCCn1cccc1. The number of nitrogens with one attached hydrogen (secondary N) is 1. The molecule has 3 N–H and O–H groups in total. The van der Waals surface area contributed by atoms with Crippen LogP contribution in [0.1, 0.15) is 13.8 Å². The Kier molecular flexibility index (Phi) is 4.37. The topological polar surface area (TPSA) is 60.1 Å². The van der Waals surface area contributed by atoms with Crippen molar-refractivity contribution >= 4 is 5.91 Å². The molecule has 0 aliphatic heterocycles. The second kappa shape index (κ2) is 5.56. The number of carbonyl (C=O) groups is 1. The summed E-state index contributed by atoms with van der Waals surface area (Å²) in [5.41, 5.74) is 5.70. The first-order chi connectivity index (χ1) is 7.11. The van der Waals surface area contributed by atoms with Gasteiger partial charge in [0.25, 0.3) is 0 Å². The summed E-state index contributed by atoms with van der Waals surface area (Å²) in [7, 11) is 0. The molecule has 15 heavy (non-hydrogen) atoms. The summed E-state index contributed by atoms with van der Waals surface area (Å²) in [5, 5.41) is 2.82. The molecule has 1 amide bonds. The number of hydrogen-bond acceptors (Lipinski definition) is 2. The summed E-state index contributed by atoms with van der Waals surface area (Å²) in [5.74, 6) is 0.105. The normalized spacial score (nSPS) is 12.8. The van der Waals surface area contributed by atoms with Crippen LogP contribution in [-0.4, -0.2) is 23.1 Å². The zero-order chi connectivity index (χ0) is 11.3. The molecule has 0 unspecified atom stereocenters. The summed E-state index contributed by atoms with van der Waals surface area (Å²) < 4.78 is 2.02. The van der Waals surface area contributed by atoms with Crippen molar-refractivity contribution in [2.75, 3.05) is 6.54 Å². The van der Waals surface area contributed by atoms with Gasteiger partial charge >= 0.3 is 0 Å². The maximum atomic E-state index is 11.5. The number of nitrogens with two attached hydrogens (primary N) is 1. The third-order valence-corrected chi connectivity index (χ3v) is 2.36. The van der Waals surface area contributed by atoms with Gasteiger partial charge in [-0.05, 0) is 18.1 Å². The summed E-state index contributed by atoms with van der Waals surface area (Å²) in [6, 6.07) is 3.51. The Labute approximate surface area is 90.5 Å². The van der Waals surface area contributed by atoms with Gasteiger partial charge in [-0.3, -0.25) is 4.79 Å². The standard InChI is InChI=1S/C11H19N3O/c1-9(2)10(12)11(15)13-5-8-14-6-3-4-7-14/h3-4,6-7,9-10H,5,8,12H2,1-2H3,(H,13,15)/t10-/m1/s1. The molecule has 0 aliphatic rings. The van der Waals surface area contributed by atoms with Crippen LogP contribution in [0.2, 0.25) is 0 Å². The van der Waals surface area contributed by atoms with E-state index in [-0.39, 0.29) is 11.8 Å². The van der Waals surface area contributed by atoms with E-state index in [1.54, 1.807) is 0 Å². The molecule has 84 valence electrons. The van der Waals surface area contributed by atoms with Crippen LogP contribution in [0.4, 0.5) is 0 Å². The van der Waals surface area contributed by atoms with Gasteiger partial charge in [0.1, 0.15) is 0 Å². The molecular weight excluding hydrogens is 190 g/mol. The van der Waals surface area contributed by atoms with Crippen LogP contribution in [0, 0.1) is 5.92 Å². The Morgan fingerprint density at radius 3 is 2.53 bits per heavy atom. The predicted molar refractivity (Wildman–Crippen MR) is 60.3 cm³/mol. The number of nitrogens with zero attached hydrogens (tertiary/aromatic N) is 1. The highest BCUT2D eigenvalue weighted by atomic mass is 16.2. The fourth-order valence-electron chi connectivity index (χ4n) is 1.25. The predicted octanol–water partition coefficient (Wildman–Crippen LogP) is 0.588. The maximum absolute atomic E-state index is 11.5. The van der Waals surface area contributed by atoms with Crippen LogP contribution >= 0.6 is 0 Å². The summed E-state index contributed by atoms with van der Waals surface area (Å²) >= 11 is 0. The van der Waals surface area contributed by atoms with Gasteiger partial charge in [0, 0.05) is 25.5 Å². The minimum atomic E-state index is -0.408. The Morgan fingerprint density at radius 1 is 1.40 bits per heavy atom. The summed E-state index contributed by atoms with van der Waals surface area (Å²) in [6.45, 7) is 5.28. The number of rotatable bonds is 5. The molecule has 0 saturated heterocycles. The van der Waals surface area contributed by atoms with Gasteiger partial charge in [0.05, 0.1) is 6.04 Å². The van der Waals surface area contributed by atoms with Crippen molar-refractivity contribution < 1.29 is 4.79 Å². The molecule has 0 fully saturated rings. The molecule has 0 aliphatic carbocycles. The highest BCUT2D eigenvalue weighted by Crippen LogP contribution is 1.97. The van der Waals surface area contributed by atoms with E-state index < -0.39 is 6.04 Å². The first-order valence-electron chi connectivity index (χ1n) is 5.25. The quantitative estimate of drug-likeness (QED) is 0.745. The zero-order valence-electron chi connectivity index (χ0n) is 9.31. The molecule has 1 atom stereocenters. The summed E-state index contributed by atoms with van der Waals surface area (Å²) in [4.78, 5) is 11.5. The first-order valence-corrected chi connectivity index (χ1v) is 5.25. The Bertz CT molecular complexity index is 293. The Morgan fingerprint density at radius 2 is 2.00 bits per heavy atom. The van der Waals surface area contributed by atoms with Crippen molar-refractivity contribution in [3.63, 3.8) is 0 Å². The lowest BCUT2D eigenvalue weighted by Gasteiger charge is -2.15. The molecule has 0 radical (unpaired) electrons. The molecule has 0 bridgehead atoms. The number of aromatic nitrogens is 1. The monoisotopic (exact) mass is 209 g/mol. The molecule has 1 aromatic heterocycles. The van der Waals surface area contributed by atoms with E-state index in [2.05, 4.69) is 5.32 Å². The third-order valence-electron chi connectivity index (χ3n) is 2.36. The van der Waals surface area contributed by atoms with Gasteiger partial charge in [-0.25, -0.2) is 0 Å². The van der Waals surface area contributed by atoms with Crippen molar-refractivity contribution in [1.82, 2.24) is 9.88 Å². The van der Waals surface area contributed by atoms with E-state index in [0.717, 1.165) is 6.54 Å². The average Bonchev–Trinajstić information content (AvgIpc) is 2.69. The fraction of sp³-hybridized carbons (Fsp3) is 0.545. The lowest BCUT2D eigenvalue weighted by atomic mass is 10.1. The van der Waals surface area contributed by atoms with E-state index in [1.807, 2.05) is 42.9 Å². The van der Waals surface area contributed by atoms with Crippen molar-refractivity contribution in [3.8, 4) is 0 Å². The van der Waals surface area contributed by atoms with E-state index in [0.29, 0.717) is 6.54 Å². The minimum Gasteiger partial charge on any atom is -0.353 e. The third kappa shape index (κ3) is 3.75. The molecule has 1 rings (SSSR count). The highest BCUT2D eigenvalue weighted by molar-refractivity contribution is 5.81. The van der Waals surface area contributed by atoms with E-state index in [4.69, 9.17) is 5.73 Å². The lowest BCUT2D eigenvalue weighted by molar-refractivity contribution is -0.123. The van der Waals surface area contributed by atoms with Crippen LogP contribution in [0.25, 0.3) is 0 Å². The van der Waals surface area contributed by atoms with Gasteiger partial charge < -0.3 is 15.6 Å². The molecule has 0 saturated carbocycles. The van der Waals surface area contributed by atoms with Crippen molar-refractivity contribution in [3.05, 3.63) is 24.5 Å². The van der Waals surface area contributed by atoms with Crippen molar-refractivity contribution in [2.45, 2.75) is 26.4 Å². The van der Waals surface area contributed by atoms with E-state index in [1.165, 1.54) is 0 Å². The van der Waals surface area contributed by atoms with Crippen LogP contribution in [0.5, 0.6) is 0 Å². The van der Waals surface area contributed by atoms with E-state index in [9.17, 15) is 4.79 Å². The Hall–Kier alpha value is -1.29. The van der Waals surface area contributed by atoms with Crippen LogP contribution in [0.3, 0.4) is 0 Å². The first kappa shape index (κ1) is 11.8. The highest BCUT2D eigenvalue weighted by Gasteiger charge is 2.15. The number of hydrogen-bond donors (Lipinski definition) is 2.